The molecule has 0 amide bonds. The van der Waals surface area contributed by atoms with Crippen molar-refractivity contribution in [1.82, 2.24) is 4.98 Å². The molecule has 4 heteroatoms. The maximum atomic E-state index is 10.7. The van der Waals surface area contributed by atoms with Crippen molar-refractivity contribution in [2.75, 3.05) is 0 Å². The molecule has 0 aliphatic rings. The van der Waals surface area contributed by atoms with Crippen LogP contribution in [0.4, 0.5) is 0 Å². The fourth-order valence-electron chi connectivity index (χ4n) is 1.68. The molecule has 94 valence electrons. The van der Waals surface area contributed by atoms with Crippen LogP contribution in [0, 0.1) is 25.2 Å². The maximum absolute atomic E-state index is 10.7. The molecule has 0 N–H and O–H groups in total. The van der Waals surface area contributed by atoms with E-state index in [-0.39, 0.29) is 0 Å². The van der Waals surface area contributed by atoms with Crippen LogP contribution in [0.1, 0.15) is 27.2 Å². The monoisotopic (exact) mass is 268 g/mol. The number of aromatic nitrogens is 1. The summed E-state index contributed by atoms with van der Waals surface area (Å²) >= 11 is 1.53. The van der Waals surface area contributed by atoms with Gasteiger partial charge >= 0.3 is 0 Å². The molecule has 0 saturated carbocycles. The molecule has 3 nitrogen and oxygen atoms in total. The molecule has 1 aromatic heterocycles. The number of pyridine rings is 1. The molecule has 0 unspecified atom stereocenters. The molecular weight excluding hydrogens is 256 g/mol. The smallest absolute Gasteiger partial charge is 0.151 e. The number of benzene rings is 1. The van der Waals surface area contributed by atoms with E-state index in [1.807, 2.05) is 32.0 Å². The van der Waals surface area contributed by atoms with Gasteiger partial charge in [0.1, 0.15) is 5.03 Å². The van der Waals surface area contributed by atoms with E-state index >= 15 is 0 Å². The summed E-state index contributed by atoms with van der Waals surface area (Å²) in [7, 11) is 0. The first-order valence-electron chi connectivity index (χ1n) is 5.75. The van der Waals surface area contributed by atoms with Crippen LogP contribution in [-0.2, 0) is 0 Å². The largest absolute Gasteiger partial charge is 0.298 e. The molecule has 1 heterocycles. The highest BCUT2D eigenvalue weighted by molar-refractivity contribution is 7.99. The predicted molar refractivity (Wildman–Crippen MR) is 74.4 cm³/mol. The third-order valence-corrected chi connectivity index (χ3v) is 3.86. The molecule has 1 aromatic carbocycles. The Balaban J connectivity index is 2.29. The van der Waals surface area contributed by atoms with E-state index in [9.17, 15) is 4.79 Å². The lowest BCUT2D eigenvalue weighted by Gasteiger charge is -2.06. The molecule has 19 heavy (non-hydrogen) atoms. The summed E-state index contributed by atoms with van der Waals surface area (Å²) in [6.45, 7) is 3.79. The molecular formula is C15H12N2OS. The Labute approximate surface area is 116 Å². The second-order valence-corrected chi connectivity index (χ2v) is 5.20. The van der Waals surface area contributed by atoms with Crippen molar-refractivity contribution in [2.24, 2.45) is 0 Å². The Morgan fingerprint density at radius 3 is 2.63 bits per heavy atom. The van der Waals surface area contributed by atoms with Crippen LogP contribution in [0.5, 0.6) is 0 Å². The highest BCUT2D eigenvalue weighted by atomic mass is 32.2. The third kappa shape index (κ3) is 3.01. The maximum Gasteiger partial charge on any atom is 0.151 e. The zero-order chi connectivity index (χ0) is 13.8. The van der Waals surface area contributed by atoms with Crippen molar-refractivity contribution >= 4 is 18.0 Å². The van der Waals surface area contributed by atoms with E-state index in [0.29, 0.717) is 11.1 Å². The lowest BCUT2D eigenvalue weighted by molar-refractivity contribution is 0.112. The fraction of sp³-hybridized carbons (Fsp3) is 0.133. The predicted octanol–water partition coefficient (Wildman–Crippen LogP) is 3.53. The molecule has 0 fully saturated rings. The number of nitriles is 1. The van der Waals surface area contributed by atoms with E-state index in [2.05, 4.69) is 11.1 Å². The van der Waals surface area contributed by atoms with Gasteiger partial charge in [0.05, 0.1) is 11.6 Å². The van der Waals surface area contributed by atoms with Crippen molar-refractivity contribution in [3.8, 4) is 6.07 Å². The molecule has 2 rings (SSSR count). The van der Waals surface area contributed by atoms with Crippen molar-refractivity contribution < 1.29 is 4.79 Å². The van der Waals surface area contributed by atoms with Gasteiger partial charge in [0, 0.05) is 16.2 Å². The molecule has 0 saturated heterocycles. The second kappa shape index (κ2) is 5.68. The van der Waals surface area contributed by atoms with Gasteiger partial charge in [-0.25, -0.2) is 4.98 Å². The van der Waals surface area contributed by atoms with Gasteiger partial charge in [-0.2, -0.15) is 5.26 Å². The van der Waals surface area contributed by atoms with Gasteiger partial charge in [-0.05, 0) is 49.7 Å². The minimum atomic E-state index is 0.612. The number of carbonyl (C=O) groups excluding carboxylic acids is 1. The first-order valence-corrected chi connectivity index (χ1v) is 6.57. The summed E-state index contributed by atoms with van der Waals surface area (Å²) in [5.41, 5.74) is 3.04. The quantitative estimate of drug-likeness (QED) is 0.799. The van der Waals surface area contributed by atoms with Crippen LogP contribution in [0.3, 0.4) is 0 Å². The standard InChI is InChI=1S/C15H12N2OS/c1-10-7-12(8-16)3-5-14(10)19-15-6-4-13(9-18)11(2)17-15/h3-7,9H,1-2H3. The molecule has 0 bridgehead atoms. The normalized spacial score (nSPS) is 9.95. The Kier molecular flexibility index (Phi) is 3.98. The van der Waals surface area contributed by atoms with Crippen LogP contribution in [0.15, 0.2) is 40.3 Å². The molecule has 0 spiro atoms. The van der Waals surface area contributed by atoms with Gasteiger partial charge in [0.15, 0.2) is 6.29 Å². The number of aryl methyl sites for hydroxylation is 2. The van der Waals surface area contributed by atoms with Crippen LogP contribution in [0.2, 0.25) is 0 Å². The molecule has 0 aliphatic heterocycles. The van der Waals surface area contributed by atoms with E-state index in [0.717, 1.165) is 27.5 Å². The third-order valence-electron chi connectivity index (χ3n) is 2.75. The molecule has 2 aromatic rings. The van der Waals surface area contributed by atoms with Gasteiger partial charge in [-0.1, -0.05) is 11.8 Å². The first-order chi connectivity index (χ1) is 9.13. The van der Waals surface area contributed by atoms with Crippen molar-refractivity contribution in [2.45, 2.75) is 23.8 Å². The molecule has 0 radical (unpaired) electrons. The average molecular weight is 268 g/mol. The molecule has 0 atom stereocenters. The van der Waals surface area contributed by atoms with Gasteiger partial charge < -0.3 is 0 Å². The summed E-state index contributed by atoms with van der Waals surface area (Å²) in [5, 5.41) is 9.68. The van der Waals surface area contributed by atoms with Gasteiger partial charge in [0.25, 0.3) is 0 Å². The van der Waals surface area contributed by atoms with Gasteiger partial charge in [-0.3, -0.25) is 4.79 Å². The number of carbonyl (C=O) groups is 1. The number of aldehydes is 1. The Bertz CT molecular complexity index is 674. The number of rotatable bonds is 3. The zero-order valence-electron chi connectivity index (χ0n) is 10.7. The van der Waals surface area contributed by atoms with E-state index in [1.54, 1.807) is 12.1 Å². The summed E-state index contributed by atoms with van der Waals surface area (Å²) in [6.07, 6.45) is 0.809. The van der Waals surface area contributed by atoms with E-state index in [1.165, 1.54) is 11.8 Å². The number of hydrogen-bond donors (Lipinski definition) is 0. The van der Waals surface area contributed by atoms with Gasteiger partial charge in [0.2, 0.25) is 0 Å². The Morgan fingerprint density at radius 1 is 1.26 bits per heavy atom. The lowest BCUT2D eigenvalue weighted by Crippen LogP contribution is -1.92. The summed E-state index contributed by atoms with van der Waals surface area (Å²) in [5.74, 6) is 0. The second-order valence-electron chi connectivity index (χ2n) is 4.14. The van der Waals surface area contributed by atoms with Crippen LogP contribution >= 0.6 is 11.8 Å². The van der Waals surface area contributed by atoms with Crippen LogP contribution in [0.25, 0.3) is 0 Å². The first kappa shape index (κ1) is 13.3. The minimum Gasteiger partial charge on any atom is -0.298 e. The fourth-order valence-corrected chi connectivity index (χ4v) is 2.58. The summed E-state index contributed by atoms with van der Waals surface area (Å²) in [4.78, 5) is 16.2. The van der Waals surface area contributed by atoms with E-state index in [4.69, 9.17) is 5.26 Å². The molecule has 0 aliphatic carbocycles. The van der Waals surface area contributed by atoms with Crippen molar-refractivity contribution in [3.05, 3.63) is 52.7 Å². The van der Waals surface area contributed by atoms with E-state index < -0.39 is 0 Å². The Hall–Kier alpha value is -2.12. The number of nitrogens with zero attached hydrogens (tertiary/aromatic N) is 2. The SMILES string of the molecule is Cc1cc(C#N)ccc1Sc1ccc(C=O)c(C)n1. The van der Waals surface area contributed by atoms with Crippen LogP contribution in [-0.4, -0.2) is 11.3 Å². The topological polar surface area (TPSA) is 53.8 Å². The highest BCUT2D eigenvalue weighted by Gasteiger charge is 2.05. The number of hydrogen-bond acceptors (Lipinski definition) is 4. The van der Waals surface area contributed by atoms with Gasteiger partial charge in [-0.15, -0.1) is 0 Å². The highest BCUT2D eigenvalue weighted by Crippen LogP contribution is 2.29. The Morgan fingerprint density at radius 2 is 2.05 bits per heavy atom. The van der Waals surface area contributed by atoms with Crippen molar-refractivity contribution in [1.29, 1.82) is 5.26 Å². The minimum absolute atomic E-state index is 0.612. The summed E-state index contributed by atoms with van der Waals surface area (Å²) < 4.78 is 0. The van der Waals surface area contributed by atoms with Crippen molar-refractivity contribution in [3.63, 3.8) is 0 Å². The summed E-state index contributed by atoms with van der Waals surface area (Å²) in [6, 6.07) is 11.3. The van der Waals surface area contributed by atoms with Crippen LogP contribution < -0.4 is 0 Å². The lowest BCUT2D eigenvalue weighted by atomic mass is 10.2. The average Bonchev–Trinajstić information content (AvgIpc) is 2.41. The zero-order valence-corrected chi connectivity index (χ0v) is 11.5.